The second-order valence-corrected chi connectivity index (χ2v) is 8.49. The van der Waals surface area contributed by atoms with Gasteiger partial charge in [-0.25, -0.2) is 4.98 Å². The zero-order valence-corrected chi connectivity index (χ0v) is 18.6. The molecular weight excluding hydrogens is 422 g/mol. The lowest BCUT2D eigenvalue weighted by molar-refractivity contribution is -0.117. The second kappa shape index (κ2) is 8.67. The number of hydrogen-bond acceptors (Lipinski definition) is 3. The zero-order valence-electron chi connectivity index (χ0n) is 17.9. The number of fused-ring (bicyclic) bond motifs is 1. The van der Waals surface area contributed by atoms with E-state index in [9.17, 15) is 4.79 Å². The van der Waals surface area contributed by atoms with Gasteiger partial charge in [-0.05, 0) is 42.8 Å². The minimum atomic E-state index is 0.0230. The van der Waals surface area contributed by atoms with Crippen LogP contribution in [0.15, 0.2) is 72.8 Å². The molecule has 1 fully saturated rings. The van der Waals surface area contributed by atoms with Gasteiger partial charge in [0, 0.05) is 24.6 Å². The molecule has 4 aromatic rings. The van der Waals surface area contributed by atoms with Gasteiger partial charge in [-0.3, -0.25) is 4.79 Å². The number of nitrogens with zero attached hydrogens (tertiary/aromatic N) is 3. The maximum absolute atomic E-state index is 12.9. The summed E-state index contributed by atoms with van der Waals surface area (Å²) in [6, 6.07) is 23.6. The van der Waals surface area contributed by atoms with E-state index in [4.69, 9.17) is 21.3 Å². The SMILES string of the molecule is Cc1ccccc1N1CC(c2nc3ccccc3n2CCOc2ccccc2Cl)CC1=O. The fraction of sp³-hybridized carbons (Fsp3) is 0.231. The highest BCUT2D eigenvalue weighted by Crippen LogP contribution is 2.34. The first-order valence-electron chi connectivity index (χ1n) is 10.8. The van der Waals surface area contributed by atoms with Crippen LogP contribution in [0.4, 0.5) is 5.69 Å². The van der Waals surface area contributed by atoms with E-state index in [-0.39, 0.29) is 11.8 Å². The van der Waals surface area contributed by atoms with Gasteiger partial charge in [-0.15, -0.1) is 0 Å². The van der Waals surface area contributed by atoms with Gasteiger partial charge in [0.1, 0.15) is 18.2 Å². The zero-order chi connectivity index (χ0) is 22.1. The highest BCUT2D eigenvalue weighted by Gasteiger charge is 2.35. The van der Waals surface area contributed by atoms with E-state index in [1.165, 1.54) is 0 Å². The van der Waals surface area contributed by atoms with E-state index in [2.05, 4.69) is 10.6 Å². The molecule has 2 heterocycles. The monoisotopic (exact) mass is 445 g/mol. The number of aromatic nitrogens is 2. The molecule has 3 aromatic carbocycles. The van der Waals surface area contributed by atoms with E-state index in [0.717, 1.165) is 28.1 Å². The number of aryl methyl sites for hydroxylation is 1. The van der Waals surface area contributed by atoms with Crippen LogP contribution in [0.5, 0.6) is 5.75 Å². The minimum Gasteiger partial charge on any atom is -0.490 e. The lowest BCUT2D eigenvalue weighted by Crippen LogP contribution is -2.25. The molecule has 1 unspecified atom stereocenters. The summed E-state index contributed by atoms with van der Waals surface area (Å²) in [5.74, 6) is 1.75. The van der Waals surface area contributed by atoms with Gasteiger partial charge < -0.3 is 14.2 Å². The van der Waals surface area contributed by atoms with E-state index in [0.29, 0.717) is 36.9 Å². The first-order chi connectivity index (χ1) is 15.6. The average Bonchev–Trinajstić information content (AvgIpc) is 3.36. The molecule has 32 heavy (non-hydrogen) atoms. The summed E-state index contributed by atoms with van der Waals surface area (Å²) < 4.78 is 8.13. The van der Waals surface area contributed by atoms with Crippen LogP contribution in [0, 0.1) is 6.92 Å². The summed E-state index contributed by atoms with van der Waals surface area (Å²) in [6.07, 6.45) is 0.447. The van der Waals surface area contributed by atoms with Gasteiger partial charge in [0.25, 0.3) is 0 Å². The summed E-state index contributed by atoms with van der Waals surface area (Å²) in [5, 5.41) is 0.596. The average molecular weight is 446 g/mol. The lowest BCUT2D eigenvalue weighted by Gasteiger charge is -2.19. The number of carbonyl (C=O) groups excluding carboxylic acids is 1. The molecule has 1 amide bonds. The smallest absolute Gasteiger partial charge is 0.227 e. The molecule has 0 spiro atoms. The van der Waals surface area contributed by atoms with E-state index in [1.807, 2.05) is 78.6 Å². The van der Waals surface area contributed by atoms with E-state index >= 15 is 0 Å². The molecule has 5 rings (SSSR count). The predicted molar refractivity (Wildman–Crippen MR) is 128 cm³/mol. The van der Waals surface area contributed by atoms with Crippen LogP contribution in [-0.4, -0.2) is 28.6 Å². The standard InChI is InChI=1S/C26H24ClN3O2/c1-18-8-2-5-11-22(18)30-17-19(16-25(30)31)26-28-21-10-4-6-12-23(21)29(26)14-15-32-24-13-7-3-9-20(24)27/h2-13,19H,14-17H2,1H3. The molecule has 1 aliphatic rings. The fourth-order valence-corrected chi connectivity index (χ4v) is 4.62. The molecule has 0 aliphatic carbocycles. The largest absolute Gasteiger partial charge is 0.490 e. The Balaban J connectivity index is 1.42. The van der Waals surface area contributed by atoms with Crippen molar-refractivity contribution in [1.82, 2.24) is 9.55 Å². The van der Waals surface area contributed by atoms with Crippen molar-refractivity contribution in [2.45, 2.75) is 25.8 Å². The highest BCUT2D eigenvalue weighted by atomic mass is 35.5. The molecular formula is C26H24ClN3O2. The maximum Gasteiger partial charge on any atom is 0.227 e. The summed E-state index contributed by atoms with van der Waals surface area (Å²) in [7, 11) is 0. The van der Waals surface area contributed by atoms with Crippen molar-refractivity contribution in [3.8, 4) is 5.75 Å². The van der Waals surface area contributed by atoms with Gasteiger partial charge in [0.15, 0.2) is 0 Å². The number of benzene rings is 3. The Hall–Kier alpha value is -3.31. The maximum atomic E-state index is 12.9. The van der Waals surface area contributed by atoms with E-state index < -0.39 is 0 Å². The number of amides is 1. The van der Waals surface area contributed by atoms with Gasteiger partial charge in [-0.2, -0.15) is 0 Å². The minimum absolute atomic E-state index is 0.0230. The van der Waals surface area contributed by atoms with Gasteiger partial charge in [-0.1, -0.05) is 54.1 Å². The van der Waals surface area contributed by atoms with Crippen LogP contribution < -0.4 is 9.64 Å². The molecule has 162 valence electrons. The predicted octanol–water partition coefficient (Wildman–Crippen LogP) is 5.60. The molecule has 1 saturated heterocycles. The van der Waals surface area contributed by atoms with Gasteiger partial charge >= 0.3 is 0 Å². The molecule has 0 N–H and O–H groups in total. The number of imidazole rings is 1. The molecule has 1 aromatic heterocycles. The summed E-state index contributed by atoms with van der Waals surface area (Å²) in [4.78, 5) is 19.7. The third kappa shape index (κ3) is 3.84. The molecule has 0 saturated carbocycles. The summed E-state index contributed by atoms with van der Waals surface area (Å²) >= 11 is 6.23. The summed E-state index contributed by atoms with van der Waals surface area (Å²) in [6.45, 7) is 3.74. The van der Waals surface area contributed by atoms with Crippen molar-refractivity contribution >= 4 is 34.2 Å². The van der Waals surface area contributed by atoms with Crippen LogP contribution in [0.1, 0.15) is 23.7 Å². The molecule has 6 heteroatoms. The number of rotatable bonds is 6. The Morgan fingerprint density at radius 3 is 2.62 bits per heavy atom. The molecule has 1 atom stereocenters. The van der Waals surface area contributed by atoms with Crippen molar-refractivity contribution in [1.29, 1.82) is 0 Å². The third-order valence-corrected chi connectivity index (χ3v) is 6.30. The second-order valence-electron chi connectivity index (χ2n) is 8.08. The molecule has 0 radical (unpaired) electrons. The Morgan fingerprint density at radius 1 is 1.03 bits per heavy atom. The Labute approximate surface area is 192 Å². The van der Waals surface area contributed by atoms with E-state index in [1.54, 1.807) is 0 Å². The first-order valence-corrected chi connectivity index (χ1v) is 11.2. The van der Waals surface area contributed by atoms with Crippen LogP contribution in [0.25, 0.3) is 11.0 Å². The van der Waals surface area contributed by atoms with Crippen molar-refractivity contribution in [2.24, 2.45) is 0 Å². The fourth-order valence-electron chi connectivity index (χ4n) is 4.43. The van der Waals surface area contributed by atoms with Gasteiger partial charge in [0.05, 0.1) is 22.6 Å². The first kappa shape index (κ1) is 20.6. The van der Waals surface area contributed by atoms with Crippen molar-refractivity contribution < 1.29 is 9.53 Å². The normalized spacial score (nSPS) is 16.1. The summed E-state index contributed by atoms with van der Waals surface area (Å²) in [5.41, 5.74) is 4.06. The highest BCUT2D eigenvalue weighted by molar-refractivity contribution is 6.32. The van der Waals surface area contributed by atoms with Crippen LogP contribution in [0.2, 0.25) is 5.02 Å². The van der Waals surface area contributed by atoms with Crippen LogP contribution in [0.3, 0.4) is 0 Å². The Kier molecular flexibility index (Phi) is 5.58. The number of para-hydroxylation sites is 4. The van der Waals surface area contributed by atoms with Crippen LogP contribution >= 0.6 is 11.6 Å². The number of hydrogen-bond donors (Lipinski definition) is 0. The molecule has 5 nitrogen and oxygen atoms in total. The number of anilines is 1. The topological polar surface area (TPSA) is 47.4 Å². The molecule has 0 bridgehead atoms. The Morgan fingerprint density at radius 2 is 1.78 bits per heavy atom. The van der Waals surface area contributed by atoms with Gasteiger partial charge in [0.2, 0.25) is 5.91 Å². The number of ether oxygens (including phenoxy) is 1. The Bertz CT molecular complexity index is 1280. The quantitative estimate of drug-likeness (QED) is 0.388. The third-order valence-electron chi connectivity index (χ3n) is 5.99. The number of carbonyl (C=O) groups is 1. The molecule has 1 aliphatic heterocycles. The van der Waals surface area contributed by atoms with Crippen molar-refractivity contribution in [3.05, 3.63) is 89.2 Å². The lowest BCUT2D eigenvalue weighted by atomic mass is 10.1. The van der Waals surface area contributed by atoms with Crippen molar-refractivity contribution in [3.63, 3.8) is 0 Å². The van der Waals surface area contributed by atoms with Crippen molar-refractivity contribution in [2.75, 3.05) is 18.1 Å². The van der Waals surface area contributed by atoms with Crippen LogP contribution in [-0.2, 0) is 11.3 Å². The number of halogens is 1.